The Balaban J connectivity index is 1.39. The summed E-state index contributed by atoms with van der Waals surface area (Å²) in [6, 6.07) is 25.0. The predicted octanol–water partition coefficient (Wildman–Crippen LogP) is 4.00. The average Bonchev–Trinajstić information content (AvgIpc) is 2.89. The van der Waals surface area contributed by atoms with Crippen LogP contribution in [0.25, 0.3) is 0 Å². The van der Waals surface area contributed by atoms with Gasteiger partial charge in [-0.15, -0.1) is 0 Å². The number of benzene rings is 3. The minimum Gasteiger partial charge on any atom is -0.378 e. The third kappa shape index (κ3) is 5.55. The lowest BCUT2D eigenvalue weighted by atomic mass is 10.1. The zero-order valence-electron chi connectivity index (χ0n) is 19.6. The van der Waals surface area contributed by atoms with E-state index in [2.05, 4.69) is 10.2 Å². The lowest BCUT2D eigenvalue weighted by molar-refractivity contribution is -0.116. The summed E-state index contributed by atoms with van der Waals surface area (Å²) in [5.74, 6) is -0.458. The average molecular weight is 459 g/mol. The Hall–Kier alpha value is -3.84. The lowest BCUT2D eigenvalue weighted by Gasteiger charge is -2.29. The normalized spacial score (nSPS) is 13.3. The molecular weight excluding hydrogens is 428 g/mol. The monoisotopic (exact) mass is 458 g/mol. The van der Waals surface area contributed by atoms with Crippen LogP contribution in [0, 0.1) is 0 Å². The van der Waals surface area contributed by atoms with E-state index in [1.54, 1.807) is 13.1 Å². The molecule has 0 radical (unpaired) electrons. The van der Waals surface area contributed by atoms with E-state index in [0.29, 0.717) is 11.3 Å². The van der Waals surface area contributed by atoms with Crippen molar-refractivity contribution >= 4 is 34.6 Å². The molecular formula is C27H30N4O3. The molecule has 3 aromatic rings. The van der Waals surface area contributed by atoms with Gasteiger partial charge in [0.25, 0.3) is 5.91 Å². The fraction of sp³-hybridized carbons (Fsp3) is 0.259. The van der Waals surface area contributed by atoms with Crippen molar-refractivity contribution < 1.29 is 14.3 Å². The molecule has 1 N–H and O–H groups in total. The predicted molar refractivity (Wildman–Crippen MR) is 136 cm³/mol. The van der Waals surface area contributed by atoms with Gasteiger partial charge in [-0.05, 0) is 48.5 Å². The Bertz CT molecular complexity index is 1110. The van der Waals surface area contributed by atoms with Gasteiger partial charge in [-0.3, -0.25) is 9.59 Å². The molecule has 0 aliphatic carbocycles. The second kappa shape index (κ2) is 10.9. The molecule has 1 fully saturated rings. The van der Waals surface area contributed by atoms with Crippen LogP contribution in [0.5, 0.6) is 0 Å². The lowest BCUT2D eigenvalue weighted by Crippen LogP contribution is -2.36. The minimum atomic E-state index is -0.246. The summed E-state index contributed by atoms with van der Waals surface area (Å²) in [6.07, 6.45) is 0. The van der Waals surface area contributed by atoms with Gasteiger partial charge in [-0.25, -0.2) is 0 Å². The van der Waals surface area contributed by atoms with E-state index < -0.39 is 0 Å². The number of likely N-dealkylation sites (N-methyl/N-ethyl adjacent to an activating group) is 1. The Morgan fingerprint density at radius 3 is 2.24 bits per heavy atom. The molecule has 0 spiro atoms. The number of hydrogen-bond acceptors (Lipinski definition) is 5. The number of carbonyl (C=O) groups is 2. The van der Waals surface area contributed by atoms with Crippen molar-refractivity contribution in [2.75, 3.05) is 62.1 Å². The van der Waals surface area contributed by atoms with Crippen molar-refractivity contribution in [2.24, 2.45) is 0 Å². The number of amides is 2. The third-order valence-electron chi connectivity index (χ3n) is 5.89. The number of ether oxygens (including phenoxy) is 1. The van der Waals surface area contributed by atoms with Gasteiger partial charge in [0.05, 0.1) is 31.0 Å². The first-order valence-corrected chi connectivity index (χ1v) is 11.4. The van der Waals surface area contributed by atoms with E-state index >= 15 is 0 Å². The molecule has 1 heterocycles. The maximum Gasteiger partial charge on any atom is 0.256 e. The van der Waals surface area contributed by atoms with Crippen molar-refractivity contribution in [3.63, 3.8) is 0 Å². The van der Waals surface area contributed by atoms with Gasteiger partial charge < -0.3 is 24.8 Å². The fourth-order valence-corrected chi connectivity index (χ4v) is 4.01. The highest BCUT2D eigenvalue weighted by Crippen LogP contribution is 2.27. The SMILES string of the molecule is CN(CC(=O)Nc1ccc(N2CCOCC2)cc1)C(=O)c1ccccc1N(C)c1ccccc1. The van der Waals surface area contributed by atoms with Gasteiger partial charge >= 0.3 is 0 Å². The number of carbonyl (C=O) groups excluding carboxylic acids is 2. The molecule has 0 unspecified atom stereocenters. The molecule has 1 saturated heterocycles. The van der Waals surface area contributed by atoms with E-state index in [1.807, 2.05) is 84.7 Å². The summed E-state index contributed by atoms with van der Waals surface area (Å²) in [6.45, 7) is 3.12. The molecule has 1 aliphatic rings. The van der Waals surface area contributed by atoms with Crippen molar-refractivity contribution in [3.8, 4) is 0 Å². The summed E-state index contributed by atoms with van der Waals surface area (Å²) < 4.78 is 5.40. The first kappa shape index (κ1) is 23.3. The van der Waals surface area contributed by atoms with E-state index in [-0.39, 0.29) is 18.4 Å². The second-order valence-corrected chi connectivity index (χ2v) is 8.27. The largest absolute Gasteiger partial charge is 0.378 e. The number of morpholine rings is 1. The van der Waals surface area contributed by atoms with E-state index in [4.69, 9.17) is 4.74 Å². The van der Waals surface area contributed by atoms with Crippen molar-refractivity contribution in [3.05, 3.63) is 84.4 Å². The smallest absolute Gasteiger partial charge is 0.256 e. The highest BCUT2D eigenvalue weighted by molar-refractivity contribution is 6.03. The standard InChI is InChI=1S/C27H30N4O3/c1-29(20-26(32)28-21-12-14-23(15-13-21)31-16-18-34-19-17-31)27(33)24-10-6-7-11-25(24)30(2)22-8-4-3-5-9-22/h3-15H,16-20H2,1-2H3,(H,28,32). The number of nitrogens with one attached hydrogen (secondary N) is 1. The molecule has 4 rings (SSSR count). The Morgan fingerprint density at radius 1 is 0.882 bits per heavy atom. The van der Waals surface area contributed by atoms with Gasteiger partial charge in [-0.2, -0.15) is 0 Å². The van der Waals surface area contributed by atoms with Gasteiger partial charge in [0.2, 0.25) is 5.91 Å². The van der Waals surface area contributed by atoms with Crippen LogP contribution in [-0.4, -0.2) is 63.7 Å². The van der Waals surface area contributed by atoms with Gasteiger partial charge in [-0.1, -0.05) is 30.3 Å². The fourth-order valence-electron chi connectivity index (χ4n) is 4.01. The molecule has 176 valence electrons. The van der Waals surface area contributed by atoms with Crippen LogP contribution < -0.4 is 15.1 Å². The number of para-hydroxylation sites is 2. The molecule has 0 aromatic heterocycles. The first-order chi connectivity index (χ1) is 16.5. The summed E-state index contributed by atoms with van der Waals surface area (Å²) >= 11 is 0. The van der Waals surface area contributed by atoms with E-state index in [0.717, 1.165) is 43.4 Å². The molecule has 34 heavy (non-hydrogen) atoms. The van der Waals surface area contributed by atoms with Gasteiger partial charge in [0.1, 0.15) is 0 Å². The molecule has 7 heteroatoms. The number of anilines is 4. The molecule has 0 atom stereocenters. The minimum absolute atomic E-state index is 0.0482. The Kier molecular flexibility index (Phi) is 7.44. The van der Waals surface area contributed by atoms with Crippen LogP contribution in [0.15, 0.2) is 78.9 Å². The maximum absolute atomic E-state index is 13.2. The van der Waals surface area contributed by atoms with Crippen LogP contribution in [0.3, 0.4) is 0 Å². The third-order valence-corrected chi connectivity index (χ3v) is 5.89. The van der Waals surface area contributed by atoms with Crippen molar-refractivity contribution in [1.82, 2.24) is 4.90 Å². The van der Waals surface area contributed by atoms with Gasteiger partial charge in [0, 0.05) is 44.2 Å². The molecule has 7 nitrogen and oxygen atoms in total. The summed E-state index contributed by atoms with van der Waals surface area (Å²) in [7, 11) is 3.57. The molecule has 0 bridgehead atoms. The second-order valence-electron chi connectivity index (χ2n) is 8.27. The van der Waals surface area contributed by atoms with E-state index in [9.17, 15) is 9.59 Å². The first-order valence-electron chi connectivity index (χ1n) is 11.4. The number of rotatable bonds is 7. The van der Waals surface area contributed by atoms with Crippen LogP contribution in [-0.2, 0) is 9.53 Å². The maximum atomic E-state index is 13.2. The van der Waals surface area contributed by atoms with Gasteiger partial charge in [0.15, 0.2) is 0 Å². The Labute approximate surface area is 200 Å². The quantitative estimate of drug-likeness (QED) is 0.580. The van der Waals surface area contributed by atoms with Crippen LogP contribution in [0.1, 0.15) is 10.4 Å². The topological polar surface area (TPSA) is 65.1 Å². The Morgan fingerprint density at radius 2 is 1.53 bits per heavy atom. The number of hydrogen-bond donors (Lipinski definition) is 1. The number of nitrogens with zero attached hydrogens (tertiary/aromatic N) is 3. The molecule has 2 amide bonds. The highest BCUT2D eigenvalue weighted by Gasteiger charge is 2.20. The zero-order chi connectivity index (χ0) is 23.9. The summed E-state index contributed by atoms with van der Waals surface area (Å²) in [5, 5.41) is 2.89. The summed E-state index contributed by atoms with van der Waals surface area (Å²) in [5.41, 5.74) is 4.10. The van der Waals surface area contributed by atoms with E-state index in [1.165, 1.54) is 4.90 Å². The van der Waals surface area contributed by atoms with Crippen LogP contribution in [0.2, 0.25) is 0 Å². The highest BCUT2D eigenvalue weighted by atomic mass is 16.5. The molecule has 0 saturated carbocycles. The van der Waals surface area contributed by atoms with Crippen LogP contribution >= 0.6 is 0 Å². The van der Waals surface area contributed by atoms with Crippen molar-refractivity contribution in [1.29, 1.82) is 0 Å². The molecule has 3 aromatic carbocycles. The summed E-state index contributed by atoms with van der Waals surface area (Å²) in [4.78, 5) is 31.5. The molecule has 1 aliphatic heterocycles. The van der Waals surface area contributed by atoms with Crippen LogP contribution in [0.4, 0.5) is 22.7 Å². The zero-order valence-corrected chi connectivity index (χ0v) is 19.6. The van der Waals surface area contributed by atoms with Crippen molar-refractivity contribution in [2.45, 2.75) is 0 Å².